The highest BCUT2D eigenvalue weighted by Crippen LogP contribution is 2.10. The maximum Gasteiger partial charge on any atom is 0.240 e. The maximum atomic E-state index is 11.3. The number of nitrogens with zero attached hydrogens (tertiary/aromatic N) is 1. The van der Waals surface area contributed by atoms with E-state index in [9.17, 15) is 4.79 Å². The van der Waals surface area contributed by atoms with E-state index in [-0.39, 0.29) is 5.91 Å². The molecule has 4 nitrogen and oxygen atoms in total. The lowest BCUT2D eigenvalue weighted by atomic mass is 10.2. The van der Waals surface area contributed by atoms with Gasteiger partial charge in [-0.3, -0.25) is 4.79 Å². The smallest absolute Gasteiger partial charge is 0.240 e. The standard InChI is InChI=1S/C12H19N3O/c1-9(13)12(16)14-11-6-4-10(5-7-11)8-15(2)3/h4-7,9H,8,13H2,1-3H3,(H,14,16)/t9-/m1/s1. The van der Waals surface area contributed by atoms with Crippen LogP contribution in [0.15, 0.2) is 24.3 Å². The molecule has 3 N–H and O–H groups in total. The molecule has 0 unspecified atom stereocenters. The Morgan fingerprint density at radius 2 is 1.94 bits per heavy atom. The van der Waals surface area contributed by atoms with Gasteiger partial charge in [0.15, 0.2) is 0 Å². The van der Waals surface area contributed by atoms with Gasteiger partial charge in [-0.2, -0.15) is 0 Å². The number of anilines is 1. The van der Waals surface area contributed by atoms with Crippen molar-refractivity contribution in [1.82, 2.24) is 4.90 Å². The normalized spacial score (nSPS) is 12.6. The Labute approximate surface area is 96.4 Å². The van der Waals surface area contributed by atoms with E-state index in [1.54, 1.807) is 6.92 Å². The number of rotatable bonds is 4. The van der Waals surface area contributed by atoms with Gasteiger partial charge in [-0.05, 0) is 38.7 Å². The summed E-state index contributed by atoms with van der Waals surface area (Å²) in [5.41, 5.74) is 7.45. The summed E-state index contributed by atoms with van der Waals surface area (Å²) >= 11 is 0. The fraction of sp³-hybridized carbons (Fsp3) is 0.417. The molecular formula is C12H19N3O. The zero-order valence-corrected chi connectivity index (χ0v) is 10.0. The predicted octanol–water partition coefficient (Wildman–Crippen LogP) is 1.03. The summed E-state index contributed by atoms with van der Waals surface area (Å²) in [6, 6.07) is 7.28. The quantitative estimate of drug-likeness (QED) is 0.798. The van der Waals surface area contributed by atoms with Crippen LogP contribution in [0.25, 0.3) is 0 Å². The molecule has 88 valence electrons. The van der Waals surface area contributed by atoms with Crippen molar-refractivity contribution < 1.29 is 4.79 Å². The molecule has 1 rings (SSSR count). The zero-order chi connectivity index (χ0) is 12.1. The van der Waals surface area contributed by atoms with Crippen LogP contribution in [0.4, 0.5) is 5.69 Å². The summed E-state index contributed by atoms with van der Waals surface area (Å²) in [4.78, 5) is 13.4. The minimum Gasteiger partial charge on any atom is -0.325 e. The van der Waals surface area contributed by atoms with Gasteiger partial charge in [0, 0.05) is 12.2 Å². The molecule has 0 aliphatic carbocycles. The number of benzene rings is 1. The van der Waals surface area contributed by atoms with Crippen LogP contribution in [-0.2, 0) is 11.3 Å². The second-order valence-corrected chi connectivity index (χ2v) is 4.21. The molecule has 0 heterocycles. The van der Waals surface area contributed by atoms with E-state index in [0.717, 1.165) is 12.2 Å². The lowest BCUT2D eigenvalue weighted by Gasteiger charge is -2.11. The van der Waals surface area contributed by atoms with Crippen molar-refractivity contribution in [3.63, 3.8) is 0 Å². The van der Waals surface area contributed by atoms with Crippen molar-refractivity contribution in [2.24, 2.45) is 5.73 Å². The molecule has 1 aromatic carbocycles. The van der Waals surface area contributed by atoms with Crippen molar-refractivity contribution in [3.8, 4) is 0 Å². The van der Waals surface area contributed by atoms with Crippen LogP contribution in [0.1, 0.15) is 12.5 Å². The number of carbonyl (C=O) groups excluding carboxylic acids is 1. The van der Waals surface area contributed by atoms with Crippen molar-refractivity contribution in [2.75, 3.05) is 19.4 Å². The van der Waals surface area contributed by atoms with Crippen LogP contribution in [0, 0.1) is 0 Å². The first kappa shape index (κ1) is 12.7. The van der Waals surface area contributed by atoms with Crippen molar-refractivity contribution >= 4 is 11.6 Å². The first-order valence-corrected chi connectivity index (χ1v) is 5.29. The lowest BCUT2D eigenvalue weighted by molar-refractivity contribution is -0.117. The molecule has 0 aliphatic rings. The van der Waals surface area contributed by atoms with E-state index in [1.807, 2.05) is 38.4 Å². The zero-order valence-electron chi connectivity index (χ0n) is 10.0. The minimum absolute atomic E-state index is 0.166. The number of carbonyl (C=O) groups is 1. The van der Waals surface area contributed by atoms with Gasteiger partial charge in [0.1, 0.15) is 0 Å². The first-order chi connectivity index (χ1) is 7.49. The molecule has 1 aromatic rings. The molecule has 0 saturated carbocycles. The van der Waals surface area contributed by atoms with E-state index in [0.29, 0.717) is 0 Å². The third-order valence-electron chi connectivity index (χ3n) is 2.13. The van der Waals surface area contributed by atoms with Gasteiger partial charge in [0.05, 0.1) is 6.04 Å². The molecule has 0 spiro atoms. The minimum atomic E-state index is -0.485. The van der Waals surface area contributed by atoms with E-state index in [2.05, 4.69) is 10.2 Å². The highest BCUT2D eigenvalue weighted by atomic mass is 16.2. The molecule has 0 aliphatic heterocycles. The van der Waals surface area contributed by atoms with Gasteiger partial charge >= 0.3 is 0 Å². The van der Waals surface area contributed by atoms with Crippen molar-refractivity contribution in [2.45, 2.75) is 19.5 Å². The molecule has 16 heavy (non-hydrogen) atoms. The van der Waals surface area contributed by atoms with E-state index in [4.69, 9.17) is 5.73 Å². The average molecular weight is 221 g/mol. The SMILES string of the molecule is C[C@@H](N)C(=O)Nc1ccc(CN(C)C)cc1. The van der Waals surface area contributed by atoms with Gasteiger partial charge in [0.25, 0.3) is 0 Å². The number of amides is 1. The van der Waals surface area contributed by atoms with E-state index in [1.165, 1.54) is 5.56 Å². The Morgan fingerprint density at radius 3 is 2.38 bits per heavy atom. The molecule has 1 amide bonds. The average Bonchev–Trinajstić information content (AvgIpc) is 2.20. The topological polar surface area (TPSA) is 58.4 Å². The van der Waals surface area contributed by atoms with Crippen LogP contribution in [0.3, 0.4) is 0 Å². The Hall–Kier alpha value is -1.39. The van der Waals surface area contributed by atoms with Crippen LogP contribution in [0.2, 0.25) is 0 Å². The molecule has 0 aromatic heterocycles. The monoisotopic (exact) mass is 221 g/mol. The summed E-state index contributed by atoms with van der Waals surface area (Å²) in [6.45, 7) is 2.55. The third-order valence-corrected chi connectivity index (χ3v) is 2.13. The van der Waals surface area contributed by atoms with Crippen molar-refractivity contribution in [1.29, 1.82) is 0 Å². The fourth-order valence-electron chi connectivity index (χ4n) is 1.31. The molecular weight excluding hydrogens is 202 g/mol. The Morgan fingerprint density at radius 1 is 1.38 bits per heavy atom. The number of nitrogens with one attached hydrogen (secondary N) is 1. The summed E-state index contributed by atoms with van der Waals surface area (Å²) in [6.07, 6.45) is 0. The predicted molar refractivity (Wildman–Crippen MR) is 66.1 cm³/mol. The summed E-state index contributed by atoms with van der Waals surface area (Å²) < 4.78 is 0. The Kier molecular flexibility index (Phi) is 4.46. The van der Waals surface area contributed by atoms with Crippen LogP contribution >= 0.6 is 0 Å². The van der Waals surface area contributed by atoms with Crippen LogP contribution < -0.4 is 11.1 Å². The second kappa shape index (κ2) is 5.63. The van der Waals surface area contributed by atoms with Crippen LogP contribution in [0.5, 0.6) is 0 Å². The highest BCUT2D eigenvalue weighted by Gasteiger charge is 2.06. The molecule has 0 bridgehead atoms. The van der Waals surface area contributed by atoms with Gasteiger partial charge in [-0.1, -0.05) is 12.1 Å². The number of nitrogens with two attached hydrogens (primary N) is 1. The first-order valence-electron chi connectivity index (χ1n) is 5.29. The molecule has 0 saturated heterocycles. The fourth-order valence-corrected chi connectivity index (χ4v) is 1.31. The van der Waals surface area contributed by atoms with Gasteiger partial charge < -0.3 is 16.0 Å². The van der Waals surface area contributed by atoms with Gasteiger partial charge in [-0.25, -0.2) is 0 Å². The largest absolute Gasteiger partial charge is 0.325 e. The third kappa shape index (κ3) is 4.00. The van der Waals surface area contributed by atoms with E-state index >= 15 is 0 Å². The summed E-state index contributed by atoms with van der Waals surface area (Å²) in [7, 11) is 4.04. The van der Waals surface area contributed by atoms with Gasteiger partial charge in [-0.15, -0.1) is 0 Å². The second-order valence-electron chi connectivity index (χ2n) is 4.21. The van der Waals surface area contributed by atoms with Gasteiger partial charge in [0.2, 0.25) is 5.91 Å². The number of hydrogen-bond acceptors (Lipinski definition) is 3. The number of hydrogen-bond donors (Lipinski definition) is 2. The Bertz CT molecular complexity index is 344. The van der Waals surface area contributed by atoms with Crippen LogP contribution in [-0.4, -0.2) is 30.9 Å². The summed E-state index contributed by atoms with van der Waals surface area (Å²) in [5.74, 6) is -0.166. The van der Waals surface area contributed by atoms with E-state index < -0.39 is 6.04 Å². The molecule has 4 heteroatoms. The maximum absolute atomic E-state index is 11.3. The summed E-state index contributed by atoms with van der Waals surface area (Å²) in [5, 5.41) is 2.74. The molecule has 0 radical (unpaired) electrons. The lowest BCUT2D eigenvalue weighted by Crippen LogP contribution is -2.32. The highest BCUT2D eigenvalue weighted by molar-refractivity contribution is 5.94. The molecule has 1 atom stereocenters. The van der Waals surface area contributed by atoms with Crippen molar-refractivity contribution in [3.05, 3.63) is 29.8 Å². The molecule has 0 fully saturated rings. The Balaban J connectivity index is 2.61.